The molecular formula is C60H76O4. The van der Waals surface area contributed by atoms with Crippen LogP contribution in [0.3, 0.4) is 0 Å². The molecule has 0 aromatic heterocycles. The molecule has 0 radical (unpaired) electrons. The zero-order chi connectivity index (χ0) is 44.5. The molecule has 12 unspecified atom stereocenters. The van der Waals surface area contributed by atoms with Crippen molar-refractivity contribution in [1.29, 1.82) is 0 Å². The molecule has 64 heavy (non-hydrogen) atoms. The molecule has 0 amide bonds. The molecule has 4 heteroatoms. The van der Waals surface area contributed by atoms with Crippen LogP contribution in [0.5, 0.6) is 23.0 Å². The lowest BCUT2D eigenvalue weighted by molar-refractivity contribution is 0.0805. The Bertz CT molecular complexity index is 2420. The van der Waals surface area contributed by atoms with Crippen LogP contribution >= 0.6 is 0 Å². The zero-order valence-electron chi connectivity index (χ0n) is 41.4. The predicted molar refractivity (Wildman–Crippen MR) is 262 cm³/mol. The first kappa shape index (κ1) is 40.8. The highest BCUT2D eigenvalue weighted by atomic mass is 16.5. The molecule has 0 heterocycles. The van der Waals surface area contributed by atoms with Crippen molar-refractivity contribution in [3.63, 3.8) is 0 Å². The summed E-state index contributed by atoms with van der Waals surface area (Å²) in [6.07, 6.45) is 14.6. The quantitative estimate of drug-likeness (QED) is 0.115. The summed E-state index contributed by atoms with van der Waals surface area (Å²) in [5, 5.41) is 10.00. The molecule has 5 aromatic rings. The lowest BCUT2D eigenvalue weighted by Crippen LogP contribution is -2.32. The maximum atomic E-state index is 7.68. The number of hydrogen-bond acceptors (Lipinski definition) is 4. The summed E-state index contributed by atoms with van der Waals surface area (Å²) in [7, 11) is 0. The summed E-state index contributed by atoms with van der Waals surface area (Å²) < 4.78 is 30.7. The van der Waals surface area contributed by atoms with Crippen molar-refractivity contribution in [3.8, 4) is 23.0 Å². The molecule has 8 fully saturated rings. The van der Waals surface area contributed by atoms with Gasteiger partial charge in [0.1, 0.15) is 45.4 Å². The van der Waals surface area contributed by atoms with Gasteiger partial charge in [0.15, 0.2) is 0 Å². The molecule has 8 saturated carbocycles. The van der Waals surface area contributed by atoms with Crippen molar-refractivity contribution in [2.45, 2.75) is 183 Å². The van der Waals surface area contributed by atoms with Crippen LogP contribution in [0.4, 0.5) is 0 Å². The van der Waals surface area contributed by atoms with E-state index >= 15 is 0 Å². The second-order valence-corrected chi connectivity index (χ2v) is 26.6. The Kier molecular flexibility index (Phi) is 7.90. The average molecular weight is 861 g/mol. The summed E-state index contributed by atoms with van der Waals surface area (Å²) in [6.45, 7) is 29.5. The topological polar surface area (TPSA) is 36.9 Å². The molecular weight excluding hydrogens is 785 g/mol. The van der Waals surface area contributed by atoms with Crippen molar-refractivity contribution >= 4 is 43.1 Å². The minimum atomic E-state index is -0.152. The van der Waals surface area contributed by atoms with E-state index in [-0.39, 0.29) is 44.1 Å². The van der Waals surface area contributed by atoms with Crippen LogP contribution in [0.1, 0.15) is 160 Å². The Morgan fingerprint density at radius 1 is 0.312 bits per heavy atom. The zero-order valence-corrected chi connectivity index (χ0v) is 41.4. The minimum Gasteiger partial charge on any atom is -0.486 e. The van der Waals surface area contributed by atoms with E-state index in [0.717, 1.165) is 48.7 Å². The van der Waals surface area contributed by atoms with Crippen LogP contribution < -0.4 is 18.9 Å². The molecule has 340 valence electrons. The standard InChI is InChI=1S/C60H76O4/c1-33-13-25-45-53(5,6)57(45,29-33)61-41-21-17-37-39-19-23-43(63-59-31-35(3)15-27-47(59)55(59,9)10)52-44(64-60-32-36(4)16-28-48(60)56(60,11)12)24-20-40(50(39)52)38-18-22-42(51(41)49(37)38)62-58-30-34(2)14-26-46(58)54(58,7)8/h17-24,33-36,45-48H,13-16,25-32H2,1-12H3. The van der Waals surface area contributed by atoms with Crippen molar-refractivity contribution in [1.82, 2.24) is 0 Å². The molecule has 4 nitrogen and oxygen atoms in total. The molecule has 0 N–H and O–H groups in total. The third-order valence-electron chi connectivity index (χ3n) is 22.1. The van der Waals surface area contributed by atoms with Crippen LogP contribution in [-0.4, -0.2) is 22.4 Å². The second-order valence-electron chi connectivity index (χ2n) is 26.6. The molecule has 0 spiro atoms. The fourth-order valence-corrected chi connectivity index (χ4v) is 17.8. The minimum absolute atomic E-state index is 0.139. The molecule has 0 aliphatic heterocycles. The maximum absolute atomic E-state index is 7.68. The molecule has 13 rings (SSSR count). The third-order valence-corrected chi connectivity index (χ3v) is 22.1. The van der Waals surface area contributed by atoms with Crippen LogP contribution in [0, 0.1) is 69.0 Å². The van der Waals surface area contributed by atoms with Crippen molar-refractivity contribution in [2.75, 3.05) is 0 Å². The van der Waals surface area contributed by atoms with Gasteiger partial charge in [0.05, 0.1) is 10.8 Å². The van der Waals surface area contributed by atoms with Crippen LogP contribution in [0.2, 0.25) is 0 Å². The Balaban J connectivity index is 1.04. The van der Waals surface area contributed by atoms with Gasteiger partial charge in [-0.1, -0.05) is 133 Å². The molecule has 0 saturated heterocycles. The van der Waals surface area contributed by atoms with Crippen molar-refractivity contribution in [2.24, 2.45) is 69.0 Å². The lowest BCUT2D eigenvalue weighted by atomic mass is 9.86. The van der Waals surface area contributed by atoms with Crippen molar-refractivity contribution in [3.05, 3.63) is 48.5 Å². The van der Waals surface area contributed by atoms with E-state index in [9.17, 15) is 0 Å². The average Bonchev–Trinajstić information content (AvgIpc) is 4.14. The number of rotatable bonds is 8. The van der Waals surface area contributed by atoms with E-state index in [2.05, 4.69) is 132 Å². The SMILES string of the molecule is CC1CCC2C(C)(C)C2(Oc2ccc3c4ccc(OC56CC(C)CCC5C6(C)C)c5c(OC67CC(C)CCC6C7(C)C)ccc(c6ccc(OC78CC(C)CCC7C8(C)C)c2c36)c54)C1. The normalized spacial score (nSPS) is 41.4. The lowest BCUT2D eigenvalue weighted by Gasteiger charge is -2.33. The van der Waals surface area contributed by atoms with Gasteiger partial charge >= 0.3 is 0 Å². The van der Waals surface area contributed by atoms with Gasteiger partial charge in [-0.05, 0) is 121 Å². The first-order chi connectivity index (χ1) is 30.2. The van der Waals surface area contributed by atoms with E-state index in [1.54, 1.807) is 0 Å². The Hall–Kier alpha value is -3.40. The Labute approximate surface area is 383 Å². The fourth-order valence-electron chi connectivity index (χ4n) is 17.8. The number of hydrogen-bond donors (Lipinski definition) is 0. The highest BCUT2D eigenvalue weighted by Crippen LogP contribution is 2.75. The predicted octanol–water partition coefficient (Wildman–Crippen LogP) is 16.1. The van der Waals surface area contributed by atoms with Crippen LogP contribution in [-0.2, 0) is 0 Å². The van der Waals surface area contributed by atoms with Gasteiger partial charge in [0.2, 0.25) is 0 Å². The monoisotopic (exact) mass is 861 g/mol. The van der Waals surface area contributed by atoms with Gasteiger partial charge in [-0.2, -0.15) is 0 Å². The highest BCUT2D eigenvalue weighted by Gasteiger charge is 2.77. The first-order valence-corrected chi connectivity index (χ1v) is 26.2. The summed E-state index contributed by atoms with van der Waals surface area (Å²) in [6, 6.07) is 19.0. The molecule has 8 aliphatic carbocycles. The van der Waals surface area contributed by atoms with Gasteiger partial charge < -0.3 is 18.9 Å². The van der Waals surface area contributed by atoms with Crippen molar-refractivity contribution < 1.29 is 18.9 Å². The summed E-state index contributed by atoms with van der Waals surface area (Å²) in [5.74, 6) is 8.96. The first-order valence-electron chi connectivity index (χ1n) is 26.2. The van der Waals surface area contributed by atoms with Gasteiger partial charge in [-0.3, -0.25) is 0 Å². The Morgan fingerprint density at radius 3 is 0.750 bits per heavy atom. The largest absolute Gasteiger partial charge is 0.486 e. The summed E-state index contributed by atoms with van der Waals surface area (Å²) >= 11 is 0. The van der Waals surface area contributed by atoms with E-state index < -0.39 is 0 Å². The number of benzene rings is 5. The summed E-state index contributed by atoms with van der Waals surface area (Å²) in [5.41, 5.74) is -0.0519. The van der Waals surface area contributed by atoms with Crippen LogP contribution in [0.25, 0.3) is 43.1 Å². The van der Waals surface area contributed by atoms with E-state index in [0.29, 0.717) is 47.3 Å². The van der Waals surface area contributed by atoms with E-state index in [1.807, 2.05) is 0 Å². The molecule has 8 aliphatic rings. The van der Waals surface area contributed by atoms with E-state index in [4.69, 9.17) is 18.9 Å². The number of fused-ring (bicyclic) bond motifs is 6. The second kappa shape index (κ2) is 12.4. The molecule has 12 atom stereocenters. The third kappa shape index (κ3) is 4.83. The number of ether oxygens (including phenoxy) is 4. The van der Waals surface area contributed by atoms with E-state index in [1.165, 1.54) is 94.5 Å². The molecule has 0 bridgehead atoms. The maximum Gasteiger partial charge on any atom is 0.131 e. The van der Waals surface area contributed by atoms with Gasteiger partial charge in [-0.25, -0.2) is 0 Å². The smallest absolute Gasteiger partial charge is 0.131 e. The van der Waals surface area contributed by atoms with Gasteiger partial charge in [0.25, 0.3) is 0 Å². The highest BCUT2D eigenvalue weighted by molar-refractivity contribution is 6.35. The van der Waals surface area contributed by atoms with Crippen LogP contribution in [0.15, 0.2) is 48.5 Å². The molecule has 5 aromatic carbocycles. The summed E-state index contributed by atoms with van der Waals surface area (Å²) in [4.78, 5) is 0. The van der Waals surface area contributed by atoms with Gasteiger partial charge in [0, 0.05) is 56.1 Å². The fraction of sp³-hybridized carbons (Fsp3) is 0.667. The van der Waals surface area contributed by atoms with Gasteiger partial charge in [-0.15, -0.1) is 0 Å². The Morgan fingerprint density at radius 2 is 0.531 bits per heavy atom.